The normalized spacial score (nSPS) is 49.9. The maximum Gasteiger partial charge on any atom is 0.244 e. The minimum Gasteiger partial charge on any atom is -0.303 e. The second-order valence-electron chi connectivity index (χ2n) is 3.67. The van der Waals surface area contributed by atoms with Gasteiger partial charge in [0.2, 0.25) is 6.43 Å². The molecule has 0 radical (unpaired) electrons. The van der Waals surface area contributed by atoms with Crippen molar-refractivity contribution in [2.75, 3.05) is 0 Å². The zero-order valence-electron chi connectivity index (χ0n) is 5.44. The van der Waals surface area contributed by atoms with Gasteiger partial charge in [0.1, 0.15) is 6.29 Å². The molecule has 10 heavy (non-hydrogen) atoms. The molecule has 0 saturated heterocycles. The topological polar surface area (TPSA) is 17.1 Å². The van der Waals surface area contributed by atoms with Crippen molar-refractivity contribution in [2.24, 2.45) is 10.8 Å². The molecule has 0 unspecified atom stereocenters. The molecule has 3 heteroatoms. The number of hydrogen-bond donors (Lipinski definition) is 0. The van der Waals surface area contributed by atoms with Crippen molar-refractivity contribution < 1.29 is 13.6 Å². The highest BCUT2D eigenvalue weighted by molar-refractivity contribution is 5.66. The number of aldehydes is 1. The minimum atomic E-state index is -2.21. The molecule has 0 spiro atoms. The summed E-state index contributed by atoms with van der Waals surface area (Å²) in [5.41, 5.74) is -1.04. The van der Waals surface area contributed by atoms with Crippen LogP contribution in [0.2, 0.25) is 0 Å². The van der Waals surface area contributed by atoms with Crippen LogP contribution in [0.5, 0.6) is 0 Å². The summed E-state index contributed by atoms with van der Waals surface area (Å²) in [6.45, 7) is 0. The number of alkyl halides is 2. The molecule has 0 N–H and O–H groups in total. The van der Waals surface area contributed by atoms with Crippen LogP contribution in [0.1, 0.15) is 19.3 Å². The smallest absolute Gasteiger partial charge is 0.244 e. The summed E-state index contributed by atoms with van der Waals surface area (Å²) in [6.07, 6.45) is -0.0741. The van der Waals surface area contributed by atoms with Gasteiger partial charge in [0, 0.05) is 10.8 Å². The summed E-state index contributed by atoms with van der Waals surface area (Å²) >= 11 is 0. The average Bonchev–Trinajstić information content (AvgIpc) is 1.57. The fourth-order valence-electron chi connectivity index (χ4n) is 2.30. The lowest BCUT2D eigenvalue weighted by molar-refractivity contribution is -0.247. The zero-order valence-corrected chi connectivity index (χ0v) is 5.44. The Morgan fingerprint density at radius 3 is 2.10 bits per heavy atom. The van der Waals surface area contributed by atoms with Crippen LogP contribution in [0.3, 0.4) is 0 Å². The molecule has 0 heterocycles. The van der Waals surface area contributed by atoms with Gasteiger partial charge < -0.3 is 4.79 Å². The third kappa shape index (κ3) is 0.456. The van der Waals surface area contributed by atoms with E-state index in [1.807, 2.05) is 0 Å². The van der Waals surface area contributed by atoms with E-state index in [2.05, 4.69) is 0 Å². The summed E-state index contributed by atoms with van der Waals surface area (Å²) in [6, 6.07) is 0. The minimum absolute atomic E-state index is 0.309. The molecule has 0 aliphatic heterocycles. The Balaban J connectivity index is 2.04. The molecule has 3 fully saturated rings. The molecule has 0 atom stereocenters. The van der Waals surface area contributed by atoms with Crippen LogP contribution in [-0.4, -0.2) is 12.7 Å². The van der Waals surface area contributed by atoms with Crippen molar-refractivity contribution in [3.8, 4) is 0 Å². The Kier molecular flexibility index (Phi) is 0.881. The first-order valence-electron chi connectivity index (χ1n) is 3.37. The molecule has 2 bridgehead atoms. The summed E-state index contributed by atoms with van der Waals surface area (Å²) < 4.78 is 24.2. The molecule has 3 aliphatic rings. The van der Waals surface area contributed by atoms with Crippen molar-refractivity contribution in [3.05, 3.63) is 0 Å². The lowest BCUT2D eigenvalue weighted by Gasteiger charge is -2.67. The van der Waals surface area contributed by atoms with E-state index >= 15 is 0 Å². The third-order valence-corrected chi connectivity index (χ3v) is 2.83. The van der Waals surface area contributed by atoms with Crippen molar-refractivity contribution in [3.63, 3.8) is 0 Å². The predicted molar refractivity (Wildman–Crippen MR) is 30.8 cm³/mol. The van der Waals surface area contributed by atoms with Gasteiger partial charge >= 0.3 is 0 Å². The lowest BCUT2D eigenvalue weighted by atomic mass is 9.36. The number of carbonyl (C=O) groups is 1. The Bertz CT molecular complexity index is 168. The van der Waals surface area contributed by atoms with Crippen LogP contribution in [0.15, 0.2) is 0 Å². The molecule has 3 rings (SSSR count). The standard InChI is InChI=1S/C7H8F2O/c8-5(9)7-1-6(2-7,3-7)4-10/h4-5H,1-3H2. The van der Waals surface area contributed by atoms with E-state index in [1.165, 1.54) is 0 Å². The van der Waals surface area contributed by atoms with E-state index in [1.54, 1.807) is 0 Å². The van der Waals surface area contributed by atoms with Crippen LogP contribution >= 0.6 is 0 Å². The highest BCUT2D eigenvalue weighted by Crippen LogP contribution is 2.74. The summed E-state index contributed by atoms with van der Waals surface area (Å²) in [5.74, 6) is 0. The Hall–Kier alpha value is -0.470. The van der Waals surface area contributed by atoms with Crippen LogP contribution in [0.4, 0.5) is 8.78 Å². The van der Waals surface area contributed by atoms with Crippen molar-refractivity contribution in [2.45, 2.75) is 25.7 Å². The Morgan fingerprint density at radius 2 is 1.80 bits per heavy atom. The lowest BCUT2D eigenvalue weighted by Crippen LogP contribution is -2.65. The van der Waals surface area contributed by atoms with Gasteiger partial charge in [-0.2, -0.15) is 0 Å². The number of carbonyl (C=O) groups excluding carboxylic acids is 1. The summed E-state index contributed by atoms with van der Waals surface area (Å²) in [7, 11) is 0. The van der Waals surface area contributed by atoms with E-state index in [-0.39, 0.29) is 5.41 Å². The highest BCUT2D eigenvalue weighted by atomic mass is 19.3. The SMILES string of the molecule is O=CC12CC(C(F)F)(C1)C2. The first kappa shape index (κ1) is 6.25. The van der Waals surface area contributed by atoms with Gasteiger partial charge in [0.05, 0.1) is 0 Å². The van der Waals surface area contributed by atoms with E-state index in [0.717, 1.165) is 6.29 Å². The summed E-state index contributed by atoms with van der Waals surface area (Å²) in [5, 5.41) is 0. The van der Waals surface area contributed by atoms with Crippen LogP contribution in [0.25, 0.3) is 0 Å². The van der Waals surface area contributed by atoms with E-state index in [4.69, 9.17) is 0 Å². The molecule has 0 amide bonds. The molecule has 0 aromatic heterocycles. The number of halogens is 2. The third-order valence-electron chi connectivity index (χ3n) is 2.83. The van der Waals surface area contributed by atoms with Gasteiger partial charge in [-0.05, 0) is 19.3 Å². The van der Waals surface area contributed by atoms with Gasteiger partial charge in [0.25, 0.3) is 0 Å². The largest absolute Gasteiger partial charge is 0.303 e. The molecule has 56 valence electrons. The van der Waals surface area contributed by atoms with Crippen molar-refractivity contribution in [1.82, 2.24) is 0 Å². The van der Waals surface area contributed by atoms with E-state index in [0.29, 0.717) is 19.3 Å². The van der Waals surface area contributed by atoms with Crippen LogP contribution in [0, 0.1) is 10.8 Å². The first-order valence-corrected chi connectivity index (χ1v) is 3.37. The van der Waals surface area contributed by atoms with E-state index in [9.17, 15) is 13.6 Å². The molecular weight excluding hydrogens is 138 g/mol. The van der Waals surface area contributed by atoms with Gasteiger partial charge in [-0.1, -0.05) is 0 Å². The quantitative estimate of drug-likeness (QED) is 0.541. The number of hydrogen-bond acceptors (Lipinski definition) is 1. The summed E-state index contributed by atoms with van der Waals surface area (Å²) in [4.78, 5) is 10.3. The first-order chi connectivity index (χ1) is 4.63. The maximum absolute atomic E-state index is 12.1. The Labute approximate surface area is 57.4 Å². The van der Waals surface area contributed by atoms with Crippen molar-refractivity contribution in [1.29, 1.82) is 0 Å². The molecular formula is C7H8F2O. The van der Waals surface area contributed by atoms with Crippen LogP contribution < -0.4 is 0 Å². The second-order valence-corrected chi connectivity index (χ2v) is 3.67. The highest BCUT2D eigenvalue weighted by Gasteiger charge is 2.71. The molecule has 3 saturated carbocycles. The molecule has 0 aromatic carbocycles. The van der Waals surface area contributed by atoms with Gasteiger partial charge in [-0.3, -0.25) is 0 Å². The zero-order chi connectivity index (χ0) is 7.41. The molecule has 1 nitrogen and oxygen atoms in total. The van der Waals surface area contributed by atoms with Crippen molar-refractivity contribution >= 4 is 6.29 Å². The second kappa shape index (κ2) is 1.41. The molecule has 0 aromatic rings. The average molecular weight is 146 g/mol. The fraction of sp³-hybridized carbons (Fsp3) is 0.857. The van der Waals surface area contributed by atoms with Gasteiger partial charge in [-0.25, -0.2) is 8.78 Å². The molecule has 3 aliphatic carbocycles. The van der Waals surface area contributed by atoms with Crippen LogP contribution in [-0.2, 0) is 4.79 Å². The predicted octanol–water partition coefficient (Wildman–Crippen LogP) is 1.62. The van der Waals surface area contributed by atoms with Gasteiger partial charge in [0.15, 0.2) is 0 Å². The number of rotatable bonds is 2. The van der Waals surface area contributed by atoms with E-state index < -0.39 is 11.8 Å². The monoisotopic (exact) mass is 146 g/mol. The fourth-order valence-corrected chi connectivity index (χ4v) is 2.30. The maximum atomic E-state index is 12.1. The van der Waals surface area contributed by atoms with Gasteiger partial charge in [-0.15, -0.1) is 0 Å². The Morgan fingerprint density at radius 1 is 1.30 bits per heavy atom.